The molecule has 3 aromatic rings. The first-order valence-corrected chi connectivity index (χ1v) is 14.0. The number of nitrogens with zero attached hydrogens (tertiary/aromatic N) is 5. The summed E-state index contributed by atoms with van der Waals surface area (Å²) in [4.78, 5) is 19.3. The van der Waals surface area contributed by atoms with Gasteiger partial charge in [-0.1, -0.05) is 13.0 Å². The van der Waals surface area contributed by atoms with Gasteiger partial charge < -0.3 is 34.5 Å². The minimum Gasteiger partial charge on any atom is -0.495 e. The molecule has 3 aliphatic rings. The lowest BCUT2D eigenvalue weighted by Gasteiger charge is -2.39. The number of hydrogen-bond acceptors (Lipinski definition) is 10. The van der Waals surface area contributed by atoms with E-state index in [1.807, 2.05) is 0 Å². The highest BCUT2D eigenvalue weighted by Gasteiger charge is 2.40. The van der Waals surface area contributed by atoms with Gasteiger partial charge in [0.2, 0.25) is 0 Å². The summed E-state index contributed by atoms with van der Waals surface area (Å²) < 4.78 is 23.3. The fraction of sp³-hybridized carbons (Fsp3) is 0.552. The molecule has 0 radical (unpaired) electrons. The number of pyridine rings is 1. The number of methoxy groups -OCH3 is 1. The summed E-state index contributed by atoms with van der Waals surface area (Å²) in [6, 6.07) is 6.65. The van der Waals surface area contributed by atoms with Crippen LogP contribution in [0, 0.1) is 0 Å². The number of aromatic nitrogens is 3. The van der Waals surface area contributed by atoms with E-state index in [2.05, 4.69) is 47.0 Å². The highest BCUT2D eigenvalue weighted by molar-refractivity contribution is 5.97. The molecule has 39 heavy (non-hydrogen) atoms. The average molecular weight is 535 g/mol. The van der Waals surface area contributed by atoms with Crippen molar-refractivity contribution in [3.8, 4) is 16.9 Å². The van der Waals surface area contributed by atoms with Gasteiger partial charge >= 0.3 is 0 Å². The number of nitrogen functional groups attached to an aromatic ring is 1. The van der Waals surface area contributed by atoms with Crippen molar-refractivity contribution in [1.82, 2.24) is 15.0 Å². The third-order valence-electron chi connectivity index (χ3n) is 8.36. The molecule has 0 unspecified atom stereocenters. The van der Waals surface area contributed by atoms with Crippen LogP contribution in [0.3, 0.4) is 0 Å². The van der Waals surface area contributed by atoms with Crippen molar-refractivity contribution in [2.45, 2.75) is 50.9 Å². The van der Waals surface area contributed by atoms with Gasteiger partial charge in [0.25, 0.3) is 0 Å². The largest absolute Gasteiger partial charge is 0.495 e. The van der Waals surface area contributed by atoms with E-state index >= 15 is 0 Å². The summed E-state index contributed by atoms with van der Waals surface area (Å²) in [5.74, 6) is 1.67. The Bertz CT molecular complexity index is 1330. The summed E-state index contributed by atoms with van der Waals surface area (Å²) in [6.07, 6.45) is 6.17. The molecule has 3 fully saturated rings. The molecule has 2 N–H and O–H groups in total. The average Bonchev–Trinajstić information content (AvgIpc) is 3.44. The second-order valence-corrected chi connectivity index (χ2v) is 10.5. The van der Waals surface area contributed by atoms with E-state index in [-0.39, 0.29) is 0 Å². The second-order valence-electron chi connectivity index (χ2n) is 10.5. The zero-order chi connectivity index (χ0) is 27.0. The topological polar surface area (TPSA) is 108 Å². The first-order chi connectivity index (χ1) is 19.0. The Morgan fingerprint density at radius 1 is 1.08 bits per heavy atom. The zero-order valence-electron chi connectivity index (χ0n) is 23.1. The maximum Gasteiger partial charge on any atom is 0.171 e. The summed E-state index contributed by atoms with van der Waals surface area (Å²) in [5.41, 5.74) is 11.5. The van der Waals surface area contributed by atoms with Crippen molar-refractivity contribution in [1.29, 1.82) is 0 Å². The van der Waals surface area contributed by atoms with E-state index in [1.165, 1.54) is 0 Å². The molecule has 0 aliphatic carbocycles. The highest BCUT2D eigenvalue weighted by Crippen LogP contribution is 2.40. The van der Waals surface area contributed by atoms with Crippen molar-refractivity contribution in [3.63, 3.8) is 0 Å². The maximum absolute atomic E-state index is 6.33. The molecule has 0 bridgehead atoms. The molecule has 6 rings (SSSR count). The minimum atomic E-state index is -0.413. The lowest BCUT2D eigenvalue weighted by Crippen LogP contribution is -2.45. The molecule has 208 valence electrons. The van der Waals surface area contributed by atoms with Crippen LogP contribution in [0.1, 0.15) is 38.3 Å². The van der Waals surface area contributed by atoms with Crippen molar-refractivity contribution in [2.75, 3.05) is 69.2 Å². The molecule has 10 nitrogen and oxygen atoms in total. The van der Waals surface area contributed by atoms with Gasteiger partial charge in [-0.25, -0.2) is 15.0 Å². The van der Waals surface area contributed by atoms with Crippen molar-refractivity contribution >= 4 is 28.4 Å². The molecule has 0 amide bonds. The van der Waals surface area contributed by atoms with Gasteiger partial charge in [0.15, 0.2) is 17.4 Å². The maximum atomic E-state index is 6.33. The summed E-state index contributed by atoms with van der Waals surface area (Å²) in [7, 11) is 3.82. The molecule has 2 aromatic heterocycles. The molecule has 0 atom stereocenters. The van der Waals surface area contributed by atoms with E-state index in [0.717, 1.165) is 98.0 Å². The first-order valence-electron chi connectivity index (χ1n) is 14.0. The van der Waals surface area contributed by atoms with E-state index < -0.39 is 5.79 Å². The van der Waals surface area contributed by atoms with Gasteiger partial charge in [-0.2, -0.15) is 0 Å². The third-order valence-corrected chi connectivity index (χ3v) is 8.36. The standard InChI is InChI=1S/C29H38N6O4/c1-4-22-28(34(2)20-7-13-37-14-8-20)33-25-21(18-31-27(30)26(25)32-22)19-5-6-23(24(17-19)36-3)35-11-9-29(10-12-35)38-15-16-39-29/h5-6,17-18,20H,4,7-16H2,1-3H3,(H2,30,31). The Kier molecular flexibility index (Phi) is 7.18. The van der Waals surface area contributed by atoms with Crippen LogP contribution in [0.4, 0.5) is 17.3 Å². The van der Waals surface area contributed by atoms with Crippen LogP contribution in [0.2, 0.25) is 0 Å². The lowest BCUT2D eigenvalue weighted by atomic mass is 10.0. The SMILES string of the molecule is CCc1nc2c(N)ncc(-c3ccc(N4CCC5(CC4)OCCO5)c(OC)c3)c2nc1N(C)C1CCOCC1. The summed E-state index contributed by atoms with van der Waals surface area (Å²) in [6.45, 7) is 6.67. The molecule has 1 aromatic carbocycles. The quantitative estimate of drug-likeness (QED) is 0.502. The molecule has 1 spiro atoms. The van der Waals surface area contributed by atoms with Crippen LogP contribution < -0.4 is 20.3 Å². The summed E-state index contributed by atoms with van der Waals surface area (Å²) in [5, 5.41) is 0. The van der Waals surface area contributed by atoms with Crippen LogP contribution >= 0.6 is 0 Å². The molecular weight excluding hydrogens is 496 g/mol. The van der Waals surface area contributed by atoms with Crippen LogP contribution in [-0.2, 0) is 20.6 Å². The second kappa shape index (κ2) is 10.7. The van der Waals surface area contributed by atoms with Crippen LogP contribution in [0.15, 0.2) is 24.4 Å². The Hall–Kier alpha value is -3.21. The summed E-state index contributed by atoms with van der Waals surface area (Å²) >= 11 is 0. The number of aryl methyl sites for hydroxylation is 1. The molecule has 5 heterocycles. The zero-order valence-corrected chi connectivity index (χ0v) is 23.1. The predicted molar refractivity (Wildman–Crippen MR) is 151 cm³/mol. The predicted octanol–water partition coefficient (Wildman–Crippen LogP) is 3.80. The van der Waals surface area contributed by atoms with E-state index in [9.17, 15) is 0 Å². The fourth-order valence-electron chi connectivity index (χ4n) is 6.04. The number of ether oxygens (including phenoxy) is 4. The monoisotopic (exact) mass is 534 g/mol. The fourth-order valence-corrected chi connectivity index (χ4v) is 6.04. The molecule has 0 saturated carbocycles. The number of piperidine rings is 1. The van der Waals surface area contributed by atoms with Crippen molar-refractivity contribution in [3.05, 3.63) is 30.1 Å². The number of nitrogens with two attached hydrogens (primary N) is 1. The highest BCUT2D eigenvalue weighted by atomic mass is 16.7. The Morgan fingerprint density at radius 2 is 1.82 bits per heavy atom. The van der Waals surface area contributed by atoms with E-state index in [1.54, 1.807) is 13.3 Å². The third kappa shape index (κ3) is 4.85. The van der Waals surface area contributed by atoms with Crippen LogP contribution in [-0.4, -0.2) is 80.5 Å². The van der Waals surface area contributed by atoms with Gasteiger partial charge in [0.05, 0.1) is 31.7 Å². The number of benzene rings is 1. The Morgan fingerprint density at radius 3 is 2.51 bits per heavy atom. The van der Waals surface area contributed by atoms with Gasteiger partial charge in [-0.15, -0.1) is 0 Å². The lowest BCUT2D eigenvalue weighted by molar-refractivity contribution is -0.169. The number of rotatable bonds is 6. The van der Waals surface area contributed by atoms with Gasteiger partial charge in [-0.05, 0) is 37.0 Å². The minimum absolute atomic E-state index is 0.363. The van der Waals surface area contributed by atoms with Crippen LogP contribution in [0.25, 0.3) is 22.2 Å². The molecular formula is C29H38N6O4. The molecule has 10 heteroatoms. The Balaban J connectivity index is 1.36. The smallest absolute Gasteiger partial charge is 0.171 e. The van der Waals surface area contributed by atoms with Crippen LogP contribution in [0.5, 0.6) is 5.75 Å². The van der Waals surface area contributed by atoms with E-state index in [4.69, 9.17) is 34.6 Å². The normalized spacial score (nSPS) is 19.6. The number of anilines is 3. The Labute approximate surface area is 229 Å². The molecule has 3 aliphatic heterocycles. The first kappa shape index (κ1) is 26.0. The van der Waals surface area contributed by atoms with Gasteiger partial charge in [-0.3, -0.25) is 0 Å². The van der Waals surface area contributed by atoms with Gasteiger partial charge in [0.1, 0.15) is 16.8 Å². The van der Waals surface area contributed by atoms with Crippen molar-refractivity contribution in [2.24, 2.45) is 0 Å². The number of fused-ring (bicyclic) bond motifs is 1. The van der Waals surface area contributed by atoms with E-state index in [0.29, 0.717) is 30.6 Å². The van der Waals surface area contributed by atoms with Gasteiger partial charge in [0, 0.05) is 64.0 Å². The van der Waals surface area contributed by atoms with Crippen molar-refractivity contribution < 1.29 is 18.9 Å². The number of hydrogen-bond donors (Lipinski definition) is 1. The molecule has 3 saturated heterocycles.